The fourth-order valence-corrected chi connectivity index (χ4v) is 5.62. The van der Waals surface area contributed by atoms with E-state index in [1.54, 1.807) is 72.8 Å². The molecule has 2 heterocycles. The van der Waals surface area contributed by atoms with Crippen molar-refractivity contribution >= 4 is 40.8 Å². The molecule has 1 aliphatic rings. The Balaban J connectivity index is 1.61. The summed E-state index contributed by atoms with van der Waals surface area (Å²) in [6, 6.07) is 19.9. The van der Waals surface area contributed by atoms with E-state index in [1.807, 2.05) is 0 Å². The van der Waals surface area contributed by atoms with E-state index in [0.29, 0.717) is 16.7 Å². The molecular weight excluding hydrogens is 602 g/mol. The Labute approximate surface area is 256 Å². The van der Waals surface area contributed by atoms with Gasteiger partial charge in [-0.1, -0.05) is 89.9 Å². The summed E-state index contributed by atoms with van der Waals surface area (Å²) < 4.78 is 51.2. The van der Waals surface area contributed by atoms with E-state index >= 15 is 8.87 Å². The van der Waals surface area contributed by atoms with E-state index in [4.69, 9.17) is 27.9 Å². The van der Waals surface area contributed by atoms with E-state index in [-0.39, 0.29) is 34.2 Å². The maximum atomic E-state index is 16.9. The molecule has 0 bridgehead atoms. The predicted octanol–water partition coefficient (Wildman–Crippen LogP) is 7.75. The number of hydrogen-bond acceptors (Lipinski definition) is 5. The molecule has 0 aliphatic carbocycles. The molecule has 0 radical (unpaired) electrons. The van der Waals surface area contributed by atoms with Crippen LogP contribution in [0.1, 0.15) is 46.7 Å². The number of carbonyl (C=O) groups excluding carboxylic acids is 2. The first kappa shape index (κ1) is 30.5. The molecule has 1 N–H and O–H groups in total. The third-order valence-corrected chi connectivity index (χ3v) is 7.79. The van der Waals surface area contributed by atoms with Crippen LogP contribution in [0.25, 0.3) is 0 Å². The Morgan fingerprint density at radius 2 is 1.67 bits per heavy atom. The topological polar surface area (TPSA) is 71.5 Å². The van der Waals surface area contributed by atoms with Crippen LogP contribution in [0, 0.1) is 5.82 Å². The summed E-state index contributed by atoms with van der Waals surface area (Å²) >= 11 is 12.2. The second-order valence-electron chi connectivity index (χ2n) is 9.98. The average Bonchev–Trinajstić information content (AvgIpc) is 3.01. The molecule has 0 spiro atoms. The summed E-state index contributed by atoms with van der Waals surface area (Å²) in [4.78, 5) is 31.4. The minimum atomic E-state index is -1.92. The fraction of sp³-hybridized carbons (Fsp3) is 0.219. The van der Waals surface area contributed by atoms with Crippen LogP contribution in [-0.2, 0) is 20.7 Å². The van der Waals surface area contributed by atoms with Crippen molar-refractivity contribution in [2.45, 2.75) is 36.9 Å². The number of rotatable bonds is 9. The van der Waals surface area contributed by atoms with Crippen LogP contribution in [0.15, 0.2) is 91.1 Å². The molecule has 1 saturated heterocycles. The van der Waals surface area contributed by atoms with Crippen molar-refractivity contribution < 1.29 is 27.6 Å². The van der Waals surface area contributed by atoms with Gasteiger partial charge in [-0.15, -0.1) is 9.60 Å². The second-order valence-corrected chi connectivity index (χ2v) is 10.8. The van der Waals surface area contributed by atoms with Crippen molar-refractivity contribution in [3.63, 3.8) is 0 Å². The first-order valence-electron chi connectivity index (χ1n) is 13.5. The van der Waals surface area contributed by atoms with Gasteiger partial charge in [-0.05, 0) is 47.7 Å². The van der Waals surface area contributed by atoms with Crippen molar-refractivity contribution in [2.24, 2.45) is 0 Å². The molecular formula is C32H26Cl2F3N3O3. The highest BCUT2D eigenvalue weighted by Crippen LogP contribution is 2.46. The number of morpholine rings is 1. The summed E-state index contributed by atoms with van der Waals surface area (Å²) in [6.45, 7) is -0.590. The Morgan fingerprint density at radius 3 is 2.35 bits per heavy atom. The summed E-state index contributed by atoms with van der Waals surface area (Å²) in [5, 5.41) is 2.63. The number of alkyl halides is 1. The average molecular weight is 628 g/mol. The van der Waals surface area contributed by atoms with E-state index in [1.165, 1.54) is 6.07 Å². The molecule has 1 fully saturated rings. The zero-order valence-electron chi connectivity index (χ0n) is 22.6. The first-order valence-corrected chi connectivity index (χ1v) is 14.3. The van der Waals surface area contributed by atoms with E-state index in [2.05, 4.69) is 10.3 Å². The monoisotopic (exact) mass is 627 g/mol. The summed E-state index contributed by atoms with van der Waals surface area (Å²) in [5.74, 6) is -4.89. The lowest BCUT2D eigenvalue weighted by Crippen LogP contribution is -2.53. The van der Waals surface area contributed by atoms with Gasteiger partial charge in [0.15, 0.2) is 17.0 Å². The highest BCUT2D eigenvalue weighted by atomic mass is 35.5. The molecule has 222 valence electrons. The maximum Gasteiger partial charge on any atom is 0.327 e. The van der Waals surface area contributed by atoms with Crippen LogP contribution in [0.4, 0.5) is 18.9 Å². The zero-order chi connectivity index (χ0) is 30.5. The standard InChI is InChI=1S/C32H26Cl2F3N3O3/c33-22-14-13-19(12-7-16-35)24(18-22)39-31(41)25(23-15-17-38-30(34)26(23)36)28-32(42)43-29(21-10-5-2-6-11-21)27(40(28)37)20-8-3-1-4-9-20/h1-6,8-11,13-15,17-18,25,27-29H,7,12,16H2,(H,39,41)/t25?,27-,28-,29+/m1/s1. The number of amides is 1. The lowest BCUT2D eigenvalue weighted by molar-refractivity contribution is -0.207. The normalized spacial score (nSPS) is 19.5. The number of anilines is 1. The number of benzene rings is 3. The van der Waals surface area contributed by atoms with Crippen molar-refractivity contribution in [3.8, 4) is 0 Å². The van der Waals surface area contributed by atoms with E-state index < -0.39 is 53.6 Å². The summed E-state index contributed by atoms with van der Waals surface area (Å²) in [7, 11) is 0. The Bertz CT molecular complexity index is 1600. The number of aryl methyl sites for hydroxylation is 1. The van der Waals surface area contributed by atoms with Crippen molar-refractivity contribution in [3.05, 3.63) is 129 Å². The molecule has 43 heavy (non-hydrogen) atoms. The zero-order valence-corrected chi connectivity index (χ0v) is 24.1. The maximum absolute atomic E-state index is 16.9. The number of aromatic nitrogens is 1. The van der Waals surface area contributed by atoms with Crippen LogP contribution in [0.2, 0.25) is 10.2 Å². The van der Waals surface area contributed by atoms with Gasteiger partial charge in [-0.25, -0.2) is 9.37 Å². The van der Waals surface area contributed by atoms with Crippen molar-refractivity contribution in [1.29, 1.82) is 0 Å². The quantitative estimate of drug-likeness (QED) is 0.117. The van der Waals surface area contributed by atoms with Gasteiger partial charge in [-0.2, -0.15) is 0 Å². The van der Waals surface area contributed by atoms with Crippen LogP contribution < -0.4 is 5.32 Å². The van der Waals surface area contributed by atoms with Gasteiger partial charge in [0.1, 0.15) is 12.1 Å². The lowest BCUT2D eigenvalue weighted by Gasteiger charge is -2.42. The number of pyridine rings is 1. The van der Waals surface area contributed by atoms with Gasteiger partial charge in [0.05, 0.1) is 12.6 Å². The van der Waals surface area contributed by atoms with Crippen LogP contribution in [0.3, 0.4) is 0 Å². The molecule has 1 amide bonds. The molecule has 0 saturated carbocycles. The lowest BCUT2D eigenvalue weighted by atomic mass is 9.85. The Kier molecular flexibility index (Phi) is 9.65. The molecule has 3 aromatic carbocycles. The highest BCUT2D eigenvalue weighted by molar-refractivity contribution is 6.31. The second kappa shape index (κ2) is 13.6. The molecule has 1 aromatic heterocycles. The minimum Gasteiger partial charge on any atom is -0.454 e. The smallest absolute Gasteiger partial charge is 0.327 e. The van der Waals surface area contributed by atoms with Gasteiger partial charge >= 0.3 is 5.97 Å². The Hall–Kier alpha value is -3.92. The number of esters is 1. The SMILES string of the molecule is O=C(Nc1cc(Cl)ccc1CCCF)C(c1ccnc(Cl)c1F)[C@@H]1C(=O)O[C@@H](c2ccccc2)[C@@H](c2ccccc2)N1F. The Morgan fingerprint density at radius 1 is 1.00 bits per heavy atom. The van der Waals surface area contributed by atoms with Gasteiger partial charge in [0, 0.05) is 22.5 Å². The molecule has 4 aromatic rings. The van der Waals surface area contributed by atoms with Crippen LogP contribution in [-0.4, -0.2) is 34.7 Å². The minimum absolute atomic E-state index is 0.176. The number of nitrogens with zero attached hydrogens (tertiary/aromatic N) is 2. The number of hydrogen-bond donors (Lipinski definition) is 1. The highest BCUT2D eigenvalue weighted by Gasteiger charge is 2.52. The molecule has 11 heteroatoms. The fourth-order valence-electron chi connectivity index (χ4n) is 5.28. The number of cyclic esters (lactones) is 1. The van der Waals surface area contributed by atoms with Crippen LogP contribution in [0.5, 0.6) is 0 Å². The summed E-state index contributed by atoms with van der Waals surface area (Å²) in [6.07, 6.45) is 0.520. The van der Waals surface area contributed by atoms with Crippen molar-refractivity contribution in [1.82, 2.24) is 10.1 Å². The van der Waals surface area contributed by atoms with Gasteiger partial charge < -0.3 is 10.1 Å². The first-order chi connectivity index (χ1) is 20.8. The van der Waals surface area contributed by atoms with Gasteiger partial charge in [0.25, 0.3) is 0 Å². The molecule has 4 atom stereocenters. The molecule has 6 nitrogen and oxygen atoms in total. The van der Waals surface area contributed by atoms with E-state index in [0.717, 1.165) is 12.3 Å². The van der Waals surface area contributed by atoms with Gasteiger partial charge in [0.2, 0.25) is 5.91 Å². The number of carbonyl (C=O) groups is 2. The van der Waals surface area contributed by atoms with Crippen LogP contribution >= 0.6 is 23.2 Å². The van der Waals surface area contributed by atoms with Gasteiger partial charge in [-0.3, -0.25) is 14.0 Å². The third kappa shape index (κ3) is 6.54. The van der Waals surface area contributed by atoms with E-state index in [9.17, 15) is 14.0 Å². The van der Waals surface area contributed by atoms with Crippen molar-refractivity contribution in [2.75, 3.05) is 12.0 Å². The third-order valence-electron chi connectivity index (χ3n) is 7.29. The summed E-state index contributed by atoms with van der Waals surface area (Å²) in [5.41, 5.74) is 1.40. The number of halogens is 5. The predicted molar refractivity (Wildman–Crippen MR) is 158 cm³/mol. The number of nitrogens with one attached hydrogen (secondary N) is 1. The molecule has 1 aliphatic heterocycles. The number of ether oxygens (including phenoxy) is 1. The molecule has 1 unspecified atom stereocenters. The largest absolute Gasteiger partial charge is 0.454 e. The molecule has 5 rings (SSSR count).